The third-order valence-corrected chi connectivity index (χ3v) is 3.07. The summed E-state index contributed by atoms with van der Waals surface area (Å²) in [5, 5.41) is 11.8. The molecule has 0 aliphatic rings. The molecular weight excluding hydrogens is 280 g/mol. The number of nitrogens with zero attached hydrogens (tertiary/aromatic N) is 4. The average molecular weight is 296 g/mol. The topological polar surface area (TPSA) is 77.8 Å². The zero-order valence-electron chi connectivity index (χ0n) is 12.6. The predicted octanol–water partition coefficient (Wildman–Crippen LogP) is 3.72. The van der Waals surface area contributed by atoms with Gasteiger partial charge in [-0.1, -0.05) is 48.8 Å². The van der Waals surface area contributed by atoms with Crippen LogP contribution in [0.3, 0.4) is 0 Å². The van der Waals surface area contributed by atoms with Crippen LogP contribution < -0.4 is 0 Å². The molecule has 0 bridgehead atoms. The highest BCUT2D eigenvalue weighted by molar-refractivity contribution is 5.63. The van der Waals surface area contributed by atoms with E-state index in [1.807, 2.05) is 45.0 Å². The first-order valence-corrected chi connectivity index (χ1v) is 7.04. The lowest BCUT2D eigenvalue weighted by molar-refractivity contribution is 0.411. The second kappa shape index (κ2) is 5.93. The van der Waals surface area contributed by atoms with Gasteiger partial charge >= 0.3 is 0 Å². The molecule has 0 aliphatic carbocycles. The van der Waals surface area contributed by atoms with E-state index in [1.165, 1.54) is 5.56 Å². The van der Waals surface area contributed by atoms with E-state index in [9.17, 15) is 0 Å². The third kappa shape index (κ3) is 3.11. The maximum Gasteiger partial charge on any atom is 0.251 e. The van der Waals surface area contributed by atoms with E-state index in [-0.39, 0.29) is 5.92 Å². The van der Waals surface area contributed by atoms with Crippen LogP contribution in [0.2, 0.25) is 0 Å². The molecule has 0 radical (unpaired) electrons. The molecule has 1 aromatic carbocycles. The fraction of sp³-hybridized carbons (Fsp3) is 0.250. The molecule has 22 heavy (non-hydrogen) atoms. The summed E-state index contributed by atoms with van der Waals surface area (Å²) in [5.74, 6) is 2.16. The first kappa shape index (κ1) is 14.2. The second-order valence-electron chi connectivity index (χ2n) is 5.29. The number of aryl methyl sites for hydroxylation is 1. The van der Waals surface area contributed by atoms with Crippen molar-refractivity contribution in [2.24, 2.45) is 0 Å². The van der Waals surface area contributed by atoms with E-state index in [2.05, 4.69) is 20.3 Å². The minimum Gasteiger partial charge on any atom is -0.421 e. The Morgan fingerprint density at radius 1 is 1.00 bits per heavy atom. The van der Waals surface area contributed by atoms with Gasteiger partial charge < -0.3 is 8.94 Å². The van der Waals surface area contributed by atoms with Gasteiger partial charge in [-0.2, -0.15) is 4.98 Å². The van der Waals surface area contributed by atoms with Crippen LogP contribution in [0.5, 0.6) is 0 Å². The number of hydrogen-bond acceptors (Lipinski definition) is 6. The molecule has 0 fully saturated rings. The Labute approximate surface area is 127 Å². The van der Waals surface area contributed by atoms with Crippen LogP contribution in [0.1, 0.15) is 43.0 Å². The van der Waals surface area contributed by atoms with Crippen LogP contribution >= 0.6 is 0 Å². The van der Waals surface area contributed by atoms with Gasteiger partial charge in [0.1, 0.15) is 0 Å². The summed E-state index contributed by atoms with van der Waals surface area (Å²) >= 11 is 0. The van der Waals surface area contributed by atoms with Gasteiger partial charge in [-0.15, -0.1) is 10.2 Å². The maximum atomic E-state index is 5.47. The van der Waals surface area contributed by atoms with E-state index in [1.54, 1.807) is 12.2 Å². The number of aromatic nitrogens is 4. The Hall–Kier alpha value is -2.76. The van der Waals surface area contributed by atoms with Gasteiger partial charge in [-0.25, -0.2) is 0 Å². The molecular formula is C16H16N4O2. The molecule has 0 saturated carbocycles. The smallest absolute Gasteiger partial charge is 0.251 e. The lowest BCUT2D eigenvalue weighted by Crippen LogP contribution is -1.85. The molecule has 0 amide bonds. The monoisotopic (exact) mass is 296 g/mol. The Balaban J connectivity index is 1.76. The van der Waals surface area contributed by atoms with Gasteiger partial charge in [0.2, 0.25) is 17.6 Å². The van der Waals surface area contributed by atoms with Crippen molar-refractivity contribution in [3.05, 3.63) is 47.5 Å². The van der Waals surface area contributed by atoms with E-state index < -0.39 is 0 Å². The maximum absolute atomic E-state index is 5.47. The lowest BCUT2D eigenvalue weighted by Gasteiger charge is -1.94. The van der Waals surface area contributed by atoms with Crippen molar-refractivity contribution in [2.45, 2.75) is 26.7 Å². The fourth-order valence-electron chi connectivity index (χ4n) is 1.81. The van der Waals surface area contributed by atoms with Crippen LogP contribution in [-0.4, -0.2) is 20.3 Å². The van der Waals surface area contributed by atoms with Crippen molar-refractivity contribution in [1.29, 1.82) is 0 Å². The zero-order chi connectivity index (χ0) is 15.5. The normalized spacial score (nSPS) is 11.6. The summed E-state index contributed by atoms with van der Waals surface area (Å²) in [7, 11) is 0. The van der Waals surface area contributed by atoms with Gasteiger partial charge in [-0.3, -0.25) is 0 Å². The van der Waals surface area contributed by atoms with Gasteiger partial charge in [0.25, 0.3) is 5.89 Å². The Morgan fingerprint density at radius 2 is 1.73 bits per heavy atom. The molecule has 6 nitrogen and oxygen atoms in total. The van der Waals surface area contributed by atoms with Gasteiger partial charge in [0.05, 0.1) is 0 Å². The minimum absolute atomic E-state index is 0.200. The molecule has 3 aromatic rings. The first-order valence-electron chi connectivity index (χ1n) is 7.04. The first-order chi connectivity index (χ1) is 10.6. The standard InChI is InChI=1S/C16H16N4O2/c1-10(2)16-19-18-14(21-16)9-8-13-17-15(20-22-13)12-6-4-11(3)5-7-12/h4-10H,1-3H3. The zero-order valence-corrected chi connectivity index (χ0v) is 12.6. The molecule has 0 aliphatic heterocycles. The van der Waals surface area contributed by atoms with E-state index >= 15 is 0 Å². The van der Waals surface area contributed by atoms with Crippen LogP contribution in [0, 0.1) is 6.92 Å². The van der Waals surface area contributed by atoms with Crippen molar-refractivity contribution in [3.8, 4) is 11.4 Å². The van der Waals surface area contributed by atoms with Gasteiger partial charge in [-0.05, 0) is 6.92 Å². The van der Waals surface area contributed by atoms with Crippen molar-refractivity contribution in [3.63, 3.8) is 0 Å². The summed E-state index contributed by atoms with van der Waals surface area (Å²) in [6.45, 7) is 6.02. The molecule has 6 heteroatoms. The average Bonchev–Trinajstić information content (AvgIpc) is 3.15. The number of benzene rings is 1. The fourth-order valence-corrected chi connectivity index (χ4v) is 1.81. The second-order valence-corrected chi connectivity index (χ2v) is 5.29. The molecule has 2 heterocycles. The van der Waals surface area contributed by atoms with Crippen LogP contribution in [-0.2, 0) is 0 Å². The van der Waals surface area contributed by atoms with Crippen LogP contribution in [0.15, 0.2) is 33.2 Å². The summed E-state index contributed by atoms with van der Waals surface area (Å²) in [4.78, 5) is 4.31. The molecule has 3 rings (SSSR count). The van der Waals surface area contributed by atoms with Crippen molar-refractivity contribution >= 4 is 12.2 Å². The Bertz CT molecular complexity index is 785. The number of rotatable bonds is 4. The Kier molecular flexibility index (Phi) is 3.82. The van der Waals surface area contributed by atoms with Crippen LogP contribution in [0.25, 0.3) is 23.5 Å². The quantitative estimate of drug-likeness (QED) is 0.730. The van der Waals surface area contributed by atoms with Gasteiger partial charge in [0.15, 0.2) is 0 Å². The van der Waals surface area contributed by atoms with E-state index in [4.69, 9.17) is 8.94 Å². The number of hydrogen-bond donors (Lipinski definition) is 0. The molecule has 0 spiro atoms. The van der Waals surface area contributed by atoms with Crippen molar-refractivity contribution in [2.75, 3.05) is 0 Å². The van der Waals surface area contributed by atoms with E-state index in [0.29, 0.717) is 23.5 Å². The highest BCUT2D eigenvalue weighted by Gasteiger charge is 2.09. The summed E-state index contributed by atoms with van der Waals surface area (Å²) in [6, 6.07) is 7.93. The highest BCUT2D eigenvalue weighted by atomic mass is 16.5. The summed E-state index contributed by atoms with van der Waals surface area (Å²) in [6.07, 6.45) is 3.31. The molecule has 0 saturated heterocycles. The SMILES string of the molecule is Cc1ccc(-c2noc(C=Cc3nnc(C(C)C)o3)n2)cc1. The van der Waals surface area contributed by atoms with Crippen molar-refractivity contribution < 1.29 is 8.94 Å². The third-order valence-electron chi connectivity index (χ3n) is 3.07. The van der Waals surface area contributed by atoms with Crippen molar-refractivity contribution in [1.82, 2.24) is 20.3 Å². The highest BCUT2D eigenvalue weighted by Crippen LogP contribution is 2.18. The molecule has 0 unspecified atom stereocenters. The van der Waals surface area contributed by atoms with Gasteiger partial charge in [0, 0.05) is 23.6 Å². The minimum atomic E-state index is 0.200. The summed E-state index contributed by atoms with van der Waals surface area (Å²) in [5.41, 5.74) is 2.10. The molecule has 2 aromatic heterocycles. The Morgan fingerprint density at radius 3 is 2.41 bits per heavy atom. The van der Waals surface area contributed by atoms with Crippen LogP contribution in [0.4, 0.5) is 0 Å². The lowest BCUT2D eigenvalue weighted by atomic mass is 10.1. The van der Waals surface area contributed by atoms with E-state index in [0.717, 1.165) is 5.56 Å². The predicted molar refractivity (Wildman–Crippen MR) is 81.8 cm³/mol. The molecule has 112 valence electrons. The molecule has 0 N–H and O–H groups in total. The largest absolute Gasteiger partial charge is 0.421 e. The summed E-state index contributed by atoms with van der Waals surface area (Å²) < 4.78 is 10.7. The molecule has 0 atom stereocenters.